The van der Waals surface area contributed by atoms with Gasteiger partial charge in [0.1, 0.15) is 0 Å². The van der Waals surface area contributed by atoms with Crippen LogP contribution < -0.4 is 10.2 Å². The van der Waals surface area contributed by atoms with E-state index in [0.717, 1.165) is 19.7 Å². The SMILES string of the molecule is Cc1ccc(N(C)C(C)C2CNCCO2)c(C)c1. The minimum absolute atomic E-state index is 0.268. The molecule has 0 saturated carbocycles. The molecule has 1 aliphatic rings. The van der Waals surface area contributed by atoms with E-state index < -0.39 is 0 Å². The van der Waals surface area contributed by atoms with Crippen molar-refractivity contribution in [2.75, 3.05) is 31.6 Å². The fraction of sp³-hybridized carbons (Fsp3) is 0.600. The number of rotatable bonds is 3. The summed E-state index contributed by atoms with van der Waals surface area (Å²) >= 11 is 0. The monoisotopic (exact) mass is 248 g/mol. The Morgan fingerprint density at radius 2 is 2.17 bits per heavy atom. The molecular weight excluding hydrogens is 224 g/mol. The van der Waals surface area contributed by atoms with Crippen molar-refractivity contribution in [3.8, 4) is 0 Å². The average Bonchev–Trinajstić information content (AvgIpc) is 2.38. The van der Waals surface area contributed by atoms with E-state index in [9.17, 15) is 0 Å². The molecule has 1 heterocycles. The van der Waals surface area contributed by atoms with E-state index in [1.54, 1.807) is 0 Å². The quantitative estimate of drug-likeness (QED) is 0.886. The summed E-state index contributed by atoms with van der Waals surface area (Å²) in [5.74, 6) is 0. The first-order chi connectivity index (χ1) is 8.59. The summed E-state index contributed by atoms with van der Waals surface area (Å²) in [4.78, 5) is 2.33. The molecule has 0 radical (unpaired) electrons. The van der Waals surface area contributed by atoms with Crippen molar-refractivity contribution in [1.29, 1.82) is 0 Å². The minimum atomic E-state index is 0.268. The van der Waals surface area contributed by atoms with Crippen molar-refractivity contribution in [2.24, 2.45) is 0 Å². The van der Waals surface area contributed by atoms with E-state index in [1.807, 2.05) is 0 Å². The molecule has 100 valence electrons. The highest BCUT2D eigenvalue weighted by Gasteiger charge is 2.24. The Hall–Kier alpha value is -1.06. The zero-order valence-electron chi connectivity index (χ0n) is 11.9. The fourth-order valence-electron chi connectivity index (χ4n) is 2.57. The van der Waals surface area contributed by atoms with Gasteiger partial charge < -0.3 is 15.0 Å². The van der Waals surface area contributed by atoms with Gasteiger partial charge in [-0.15, -0.1) is 0 Å². The number of hydrogen-bond acceptors (Lipinski definition) is 3. The smallest absolute Gasteiger partial charge is 0.0899 e. The third kappa shape index (κ3) is 2.85. The molecule has 1 aromatic carbocycles. The highest BCUT2D eigenvalue weighted by Crippen LogP contribution is 2.23. The van der Waals surface area contributed by atoms with Crippen molar-refractivity contribution in [1.82, 2.24) is 5.32 Å². The first kappa shape index (κ1) is 13.4. The Balaban J connectivity index is 2.11. The predicted molar refractivity (Wildman–Crippen MR) is 76.4 cm³/mol. The Morgan fingerprint density at radius 3 is 2.78 bits per heavy atom. The van der Waals surface area contributed by atoms with Crippen LogP contribution in [0.3, 0.4) is 0 Å². The van der Waals surface area contributed by atoms with Crippen LogP contribution in [0.5, 0.6) is 0 Å². The molecule has 2 rings (SSSR count). The van der Waals surface area contributed by atoms with Crippen molar-refractivity contribution < 1.29 is 4.74 Å². The Kier molecular flexibility index (Phi) is 4.25. The zero-order valence-corrected chi connectivity index (χ0v) is 11.9. The molecule has 3 nitrogen and oxygen atoms in total. The topological polar surface area (TPSA) is 24.5 Å². The second-order valence-electron chi connectivity index (χ2n) is 5.25. The lowest BCUT2D eigenvalue weighted by Crippen LogP contribution is -2.50. The van der Waals surface area contributed by atoms with E-state index >= 15 is 0 Å². The van der Waals surface area contributed by atoms with Gasteiger partial charge in [-0.25, -0.2) is 0 Å². The van der Waals surface area contributed by atoms with Gasteiger partial charge >= 0.3 is 0 Å². The fourth-order valence-corrected chi connectivity index (χ4v) is 2.57. The molecule has 0 aromatic heterocycles. The predicted octanol–water partition coefficient (Wildman–Crippen LogP) is 2.12. The number of morpholine rings is 1. The van der Waals surface area contributed by atoms with E-state index in [1.165, 1.54) is 16.8 Å². The maximum absolute atomic E-state index is 5.84. The van der Waals surface area contributed by atoms with Crippen molar-refractivity contribution in [3.63, 3.8) is 0 Å². The normalized spacial score (nSPS) is 21.7. The maximum Gasteiger partial charge on any atom is 0.0899 e. The van der Waals surface area contributed by atoms with Gasteiger partial charge in [0.15, 0.2) is 0 Å². The van der Waals surface area contributed by atoms with Crippen LogP contribution in [-0.2, 0) is 4.74 Å². The summed E-state index contributed by atoms with van der Waals surface area (Å²) in [7, 11) is 2.15. The van der Waals surface area contributed by atoms with Gasteiger partial charge in [0.05, 0.1) is 18.8 Å². The van der Waals surface area contributed by atoms with Crippen LogP contribution in [0.1, 0.15) is 18.1 Å². The molecule has 1 fully saturated rings. The molecule has 0 aliphatic carbocycles. The second-order valence-corrected chi connectivity index (χ2v) is 5.25. The molecule has 18 heavy (non-hydrogen) atoms. The second kappa shape index (κ2) is 5.72. The first-order valence-corrected chi connectivity index (χ1v) is 6.72. The van der Waals surface area contributed by atoms with E-state index in [0.29, 0.717) is 6.04 Å². The molecular formula is C15H24N2O. The number of nitrogens with zero attached hydrogens (tertiary/aromatic N) is 1. The van der Waals surface area contributed by atoms with Crippen LogP contribution in [-0.4, -0.2) is 38.9 Å². The van der Waals surface area contributed by atoms with Gasteiger partial charge in [-0.2, -0.15) is 0 Å². The average molecular weight is 248 g/mol. The molecule has 2 atom stereocenters. The Morgan fingerprint density at radius 1 is 1.39 bits per heavy atom. The van der Waals surface area contributed by atoms with Crippen LogP contribution in [0, 0.1) is 13.8 Å². The van der Waals surface area contributed by atoms with Crippen LogP contribution >= 0.6 is 0 Å². The van der Waals surface area contributed by atoms with Gasteiger partial charge in [0.2, 0.25) is 0 Å². The lowest BCUT2D eigenvalue weighted by Gasteiger charge is -2.36. The summed E-state index contributed by atoms with van der Waals surface area (Å²) in [6.45, 7) is 9.26. The molecule has 1 aromatic rings. The van der Waals surface area contributed by atoms with Crippen LogP contribution in [0.15, 0.2) is 18.2 Å². The van der Waals surface area contributed by atoms with Crippen molar-refractivity contribution >= 4 is 5.69 Å². The zero-order chi connectivity index (χ0) is 13.1. The summed E-state index contributed by atoms with van der Waals surface area (Å²) in [5.41, 5.74) is 3.93. The summed E-state index contributed by atoms with van der Waals surface area (Å²) in [6.07, 6.45) is 0.268. The lowest BCUT2D eigenvalue weighted by molar-refractivity contribution is 0.0153. The number of ether oxygens (including phenoxy) is 1. The molecule has 1 saturated heterocycles. The number of aryl methyl sites for hydroxylation is 2. The van der Waals surface area contributed by atoms with Gasteiger partial charge in [0, 0.05) is 25.8 Å². The van der Waals surface area contributed by atoms with Gasteiger partial charge in [-0.3, -0.25) is 0 Å². The number of benzene rings is 1. The van der Waals surface area contributed by atoms with Crippen LogP contribution in [0.4, 0.5) is 5.69 Å². The summed E-state index contributed by atoms with van der Waals surface area (Å²) in [5, 5.41) is 3.39. The molecule has 0 amide bonds. The number of likely N-dealkylation sites (N-methyl/N-ethyl adjacent to an activating group) is 1. The number of hydrogen-bond donors (Lipinski definition) is 1. The Bertz CT molecular complexity index is 399. The molecule has 3 heteroatoms. The van der Waals surface area contributed by atoms with Crippen molar-refractivity contribution in [3.05, 3.63) is 29.3 Å². The number of nitrogens with one attached hydrogen (secondary N) is 1. The lowest BCUT2D eigenvalue weighted by atomic mass is 10.1. The standard InChI is InChI=1S/C15H24N2O/c1-11-5-6-14(12(2)9-11)17(4)13(3)15-10-16-7-8-18-15/h5-6,9,13,15-16H,7-8,10H2,1-4H3. The number of anilines is 1. The van der Waals surface area contributed by atoms with Crippen LogP contribution in [0.2, 0.25) is 0 Å². The molecule has 1 N–H and O–H groups in total. The van der Waals surface area contributed by atoms with Gasteiger partial charge in [-0.05, 0) is 32.4 Å². The highest BCUT2D eigenvalue weighted by molar-refractivity contribution is 5.54. The maximum atomic E-state index is 5.84. The highest BCUT2D eigenvalue weighted by atomic mass is 16.5. The van der Waals surface area contributed by atoms with E-state index in [-0.39, 0.29) is 6.10 Å². The van der Waals surface area contributed by atoms with E-state index in [4.69, 9.17) is 4.74 Å². The van der Waals surface area contributed by atoms with E-state index in [2.05, 4.69) is 56.2 Å². The third-order valence-corrected chi connectivity index (χ3v) is 3.84. The van der Waals surface area contributed by atoms with Crippen molar-refractivity contribution in [2.45, 2.75) is 32.9 Å². The van der Waals surface area contributed by atoms with Crippen LogP contribution in [0.25, 0.3) is 0 Å². The minimum Gasteiger partial charge on any atom is -0.373 e. The molecule has 0 bridgehead atoms. The Labute approximate surface area is 110 Å². The molecule has 0 spiro atoms. The molecule has 1 aliphatic heterocycles. The van der Waals surface area contributed by atoms with Gasteiger partial charge in [0.25, 0.3) is 0 Å². The van der Waals surface area contributed by atoms with Gasteiger partial charge in [-0.1, -0.05) is 17.7 Å². The summed E-state index contributed by atoms with van der Waals surface area (Å²) in [6, 6.07) is 6.99. The largest absolute Gasteiger partial charge is 0.373 e. The summed E-state index contributed by atoms with van der Waals surface area (Å²) < 4.78 is 5.84. The first-order valence-electron chi connectivity index (χ1n) is 6.72. The third-order valence-electron chi connectivity index (χ3n) is 3.84. The molecule has 2 unspecified atom stereocenters.